The maximum atomic E-state index is 2.54. The van der Waals surface area contributed by atoms with Gasteiger partial charge in [0.05, 0.1) is 0 Å². The predicted molar refractivity (Wildman–Crippen MR) is 66.9 cm³/mol. The molecule has 0 amide bonds. The molecule has 1 saturated heterocycles. The Balaban J connectivity index is 0. The molecule has 1 aliphatic heterocycles. The van der Waals surface area contributed by atoms with Gasteiger partial charge in [0.2, 0.25) is 0 Å². The number of hydrogen-bond acceptors (Lipinski definition) is 2. The zero-order valence-electron chi connectivity index (χ0n) is 11.1. The van der Waals surface area contributed by atoms with Crippen molar-refractivity contribution >= 4 is 0 Å². The molecule has 14 heavy (non-hydrogen) atoms. The maximum absolute atomic E-state index is 2.54. The lowest BCUT2D eigenvalue weighted by atomic mass is 10.4. The van der Waals surface area contributed by atoms with Crippen molar-refractivity contribution in [2.75, 3.05) is 40.3 Å². The second-order valence-corrected chi connectivity index (χ2v) is 3.35. The fourth-order valence-electron chi connectivity index (χ4n) is 1.35. The van der Waals surface area contributed by atoms with Crippen molar-refractivity contribution in [3.8, 4) is 0 Å². The highest BCUT2D eigenvalue weighted by Crippen LogP contribution is 2.05. The molecular formula is C12H30N2. The fourth-order valence-corrected chi connectivity index (χ4v) is 1.35. The first-order valence-electron chi connectivity index (χ1n) is 6.16. The molecule has 0 aromatic heterocycles. The smallest absolute Gasteiger partial charge is 0.0109 e. The lowest BCUT2D eigenvalue weighted by molar-refractivity contribution is 0.284. The molecule has 0 aromatic carbocycles. The number of rotatable bonds is 3. The Morgan fingerprint density at radius 3 is 1.71 bits per heavy atom. The van der Waals surface area contributed by atoms with E-state index in [9.17, 15) is 0 Å². The van der Waals surface area contributed by atoms with Gasteiger partial charge in [0.25, 0.3) is 0 Å². The first-order valence-corrected chi connectivity index (χ1v) is 6.16. The molecule has 0 radical (unpaired) electrons. The second kappa shape index (κ2) is 12.9. The van der Waals surface area contributed by atoms with Crippen LogP contribution in [-0.4, -0.2) is 50.1 Å². The van der Waals surface area contributed by atoms with Crippen LogP contribution in [0.25, 0.3) is 0 Å². The van der Waals surface area contributed by atoms with Crippen molar-refractivity contribution in [3.05, 3.63) is 0 Å². The molecule has 0 N–H and O–H groups in total. The molecule has 2 heteroatoms. The van der Waals surface area contributed by atoms with E-state index < -0.39 is 0 Å². The third kappa shape index (κ3) is 10.0. The molecule has 88 valence electrons. The van der Waals surface area contributed by atoms with E-state index in [-0.39, 0.29) is 0 Å². The van der Waals surface area contributed by atoms with Crippen molar-refractivity contribution in [2.45, 2.75) is 40.5 Å². The van der Waals surface area contributed by atoms with Crippen LogP contribution in [0.5, 0.6) is 0 Å². The van der Waals surface area contributed by atoms with Crippen molar-refractivity contribution in [2.24, 2.45) is 0 Å². The van der Waals surface area contributed by atoms with E-state index in [0.717, 1.165) is 0 Å². The summed E-state index contributed by atoms with van der Waals surface area (Å²) in [6, 6.07) is 0. The van der Waals surface area contributed by atoms with Crippen LogP contribution in [0.2, 0.25) is 0 Å². The van der Waals surface area contributed by atoms with E-state index in [1.165, 1.54) is 39.0 Å². The lowest BCUT2D eigenvalue weighted by Crippen LogP contribution is -2.29. The van der Waals surface area contributed by atoms with Gasteiger partial charge in [-0.25, -0.2) is 0 Å². The molecule has 2 nitrogen and oxygen atoms in total. The SMILES string of the molecule is CC.CC.CN(C)CCN1CCCC1. The van der Waals surface area contributed by atoms with Gasteiger partial charge in [0.15, 0.2) is 0 Å². The van der Waals surface area contributed by atoms with Crippen LogP contribution >= 0.6 is 0 Å². The summed E-state index contributed by atoms with van der Waals surface area (Å²) >= 11 is 0. The average molecular weight is 202 g/mol. The van der Waals surface area contributed by atoms with Gasteiger partial charge in [-0.1, -0.05) is 27.7 Å². The van der Waals surface area contributed by atoms with Crippen LogP contribution in [-0.2, 0) is 0 Å². The van der Waals surface area contributed by atoms with E-state index >= 15 is 0 Å². The quantitative estimate of drug-likeness (QED) is 0.694. The third-order valence-electron chi connectivity index (χ3n) is 2.06. The highest BCUT2D eigenvalue weighted by Gasteiger charge is 2.10. The Morgan fingerprint density at radius 2 is 1.36 bits per heavy atom. The number of likely N-dealkylation sites (tertiary alicyclic amines) is 1. The van der Waals surface area contributed by atoms with E-state index in [1.807, 2.05) is 27.7 Å². The third-order valence-corrected chi connectivity index (χ3v) is 2.06. The van der Waals surface area contributed by atoms with Gasteiger partial charge in [-0.3, -0.25) is 0 Å². The first-order chi connectivity index (χ1) is 6.79. The molecule has 1 heterocycles. The van der Waals surface area contributed by atoms with Crippen LogP contribution in [0.4, 0.5) is 0 Å². The van der Waals surface area contributed by atoms with E-state index in [1.54, 1.807) is 0 Å². The maximum Gasteiger partial charge on any atom is 0.0109 e. The van der Waals surface area contributed by atoms with Gasteiger partial charge in [0, 0.05) is 13.1 Å². The molecule has 1 fully saturated rings. The highest BCUT2D eigenvalue weighted by molar-refractivity contribution is 4.66. The van der Waals surface area contributed by atoms with Gasteiger partial charge in [-0.15, -0.1) is 0 Å². The van der Waals surface area contributed by atoms with Crippen LogP contribution in [0.1, 0.15) is 40.5 Å². The van der Waals surface area contributed by atoms with Gasteiger partial charge in [-0.05, 0) is 40.0 Å². The summed E-state index contributed by atoms with van der Waals surface area (Å²) in [7, 11) is 4.27. The minimum absolute atomic E-state index is 1.21. The van der Waals surface area contributed by atoms with E-state index in [0.29, 0.717) is 0 Å². The van der Waals surface area contributed by atoms with Gasteiger partial charge in [0.1, 0.15) is 0 Å². The Labute approximate surface area is 91.3 Å². The molecule has 1 rings (SSSR count). The van der Waals surface area contributed by atoms with E-state index in [4.69, 9.17) is 0 Å². The monoisotopic (exact) mass is 202 g/mol. The molecule has 1 aliphatic rings. The molecule has 0 unspecified atom stereocenters. The zero-order valence-corrected chi connectivity index (χ0v) is 11.1. The van der Waals surface area contributed by atoms with Crippen LogP contribution in [0.15, 0.2) is 0 Å². The summed E-state index contributed by atoms with van der Waals surface area (Å²) in [5.74, 6) is 0. The predicted octanol–water partition coefficient (Wildman–Crippen LogP) is 2.70. The minimum atomic E-state index is 1.21. The topological polar surface area (TPSA) is 6.48 Å². The van der Waals surface area contributed by atoms with E-state index in [2.05, 4.69) is 23.9 Å². The standard InChI is InChI=1S/C8H18N2.2C2H6/c1-9(2)7-8-10-5-3-4-6-10;2*1-2/h3-8H2,1-2H3;2*1-2H3. The highest BCUT2D eigenvalue weighted by atomic mass is 15.2. The Morgan fingerprint density at radius 1 is 0.929 bits per heavy atom. The fraction of sp³-hybridized carbons (Fsp3) is 1.00. The number of likely N-dealkylation sites (N-methyl/N-ethyl adjacent to an activating group) is 1. The summed E-state index contributed by atoms with van der Waals surface area (Å²) < 4.78 is 0. The lowest BCUT2D eigenvalue weighted by Gasteiger charge is -2.17. The largest absolute Gasteiger partial charge is 0.308 e. The first kappa shape index (κ1) is 16.4. The molecule has 0 aromatic rings. The molecule has 0 spiro atoms. The average Bonchev–Trinajstić information content (AvgIpc) is 2.73. The number of nitrogens with zero attached hydrogens (tertiary/aromatic N) is 2. The van der Waals surface area contributed by atoms with Gasteiger partial charge in [-0.2, -0.15) is 0 Å². The summed E-state index contributed by atoms with van der Waals surface area (Å²) in [5.41, 5.74) is 0. The molecule has 0 aliphatic carbocycles. The molecule has 0 saturated carbocycles. The molecule has 0 atom stereocenters. The van der Waals surface area contributed by atoms with Crippen LogP contribution < -0.4 is 0 Å². The number of hydrogen-bond donors (Lipinski definition) is 0. The van der Waals surface area contributed by atoms with Gasteiger partial charge < -0.3 is 9.80 Å². The van der Waals surface area contributed by atoms with Crippen molar-refractivity contribution in [3.63, 3.8) is 0 Å². The summed E-state index contributed by atoms with van der Waals surface area (Å²) in [5, 5.41) is 0. The summed E-state index contributed by atoms with van der Waals surface area (Å²) in [6.07, 6.45) is 2.82. The normalized spacial score (nSPS) is 15.6. The Kier molecular flexibility index (Phi) is 15.1. The minimum Gasteiger partial charge on any atom is -0.308 e. The van der Waals surface area contributed by atoms with Crippen molar-refractivity contribution < 1.29 is 0 Å². The Bertz CT molecular complexity index is 86.3. The second-order valence-electron chi connectivity index (χ2n) is 3.35. The summed E-state index contributed by atoms with van der Waals surface area (Å²) in [6.45, 7) is 13.1. The molecule has 0 bridgehead atoms. The molecular weight excluding hydrogens is 172 g/mol. The van der Waals surface area contributed by atoms with Crippen molar-refractivity contribution in [1.82, 2.24) is 9.80 Å². The zero-order chi connectivity index (χ0) is 11.4. The van der Waals surface area contributed by atoms with Crippen LogP contribution in [0, 0.1) is 0 Å². The Hall–Kier alpha value is -0.0800. The van der Waals surface area contributed by atoms with Crippen molar-refractivity contribution in [1.29, 1.82) is 0 Å². The van der Waals surface area contributed by atoms with Gasteiger partial charge >= 0.3 is 0 Å². The summed E-state index contributed by atoms with van der Waals surface area (Å²) in [4.78, 5) is 4.79. The van der Waals surface area contributed by atoms with Crippen LogP contribution in [0.3, 0.4) is 0 Å².